The fraction of sp³-hybridized carbons (Fsp3) is 0.149. The molecule has 278 valence electrons. The highest BCUT2D eigenvalue weighted by Gasteiger charge is 2.32. The van der Waals surface area contributed by atoms with Gasteiger partial charge in [0, 0.05) is 20.9 Å². The molecule has 0 aromatic heterocycles. The highest BCUT2D eigenvalue weighted by Crippen LogP contribution is 2.50. The van der Waals surface area contributed by atoms with Crippen LogP contribution in [0, 0.1) is 27.7 Å². The molecule has 2 atom stereocenters. The van der Waals surface area contributed by atoms with Crippen LogP contribution >= 0.6 is 11.8 Å². The van der Waals surface area contributed by atoms with Gasteiger partial charge in [-0.05, 0) is 124 Å². The summed E-state index contributed by atoms with van der Waals surface area (Å²) in [6, 6.07) is 44.1. The lowest BCUT2D eigenvalue weighted by molar-refractivity contribution is 0.340. The molecule has 0 spiro atoms. The largest absolute Gasteiger partial charge is 0.497 e. The van der Waals surface area contributed by atoms with Crippen LogP contribution in [0.15, 0.2) is 148 Å². The van der Waals surface area contributed by atoms with Crippen molar-refractivity contribution < 1.29 is 22.6 Å². The fourth-order valence-electron chi connectivity index (χ4n) is 6.31. The van der Waals surface area contributed by atoms with Crippen molar-refractivity contribution in [1.82, 2.24) is 0 Å². The maximum atomic E-state index is 13.4. The van der Waals surface area contributed by atoms with Crippen molar-refractivity contribution in [3.05, 3.63) is 178 Å². The van der Waals surface area contributed by atoms with Crippen molar-refractivity contribution in [3.8, 4) is 17.2 Å². The molecule has 2 unspecified atom stereocenters. The standard InChI is InChI=1S/C24H22O2S2.C23H20O3S/c1-4-26-19-10-12-20(13-11-19)27-23-21-14-7-17(3)15-22(21)28(25)24(23)18-8-5-16(2)6-9-18;1-15-4-7-17(8-5-15)23-22(26-19-11-9-18(25-3)10-12-19)20-13-6-16(2)14-21(20)27(23)24/h5-15H,4H2,1-3H3;4-14H,1-3H3. The van der Waals surface area contributed by atoms with Gasteiger partial charge in [0.1, 0.15) is 17.2 Å². The van der Waals surface area contributed by atoms with Crippen molar-refractivity contribution in [1.29, 1.82) is 0 Å². The van der Waals surface area contributed by atoms with E-state index in [1.165, 1.54) is 5.56 Å². The predicted molar refractivity (Wildman–Crippen MR) is 228 cm³/mol. The number of hydrogen-bond acceptors (Lipinski definition) is 6. The molecule has 2 aliphatic rings. The number of aryl methyl sites for hydroxylation is 4. The van der Waals surface area contributed by atoms with Crippen LogP contribution in [-0.4, -0.2) is 22.1 Å². The summed E-state index contributed by atoms with van der Waals surface area (Å²) in [5.41, 5.74) is 8.45. The molecular weight excluding hydrogens is 741 g/mol. The molecule has 0 amide bonds. The van der Waals surface area contributed by atoms with Crippen LogP contribution in [0.25, 0.3) is 20.5 Å². The fourth-order valence-corrected chi connectivity index (χ4v) is 10.8. The minimum atomic E-state index is -1.28. The van der Waals surface area contributed by atoms with Gasteiger partial charge in [0.25, 0.3) is 0 Å². The number of fused-ring (bicyclic) bond motifs is 2. The van der Waals surface area contributed by atoms with Gasteiger partial charge < -0.3 is 14.2 Å². The Bertz CT molecular complexity index is 2460. The van der Waals surface area contributed by atoms with Crippen LogP contribution in [0.4, 0.5) is 0 Å². The minimum absolute atomic E-state index is 0.650. The molecule has 2 heterocycles. The zero-order valence-electron chi connectivity index (χ0n) is 31.7. The van der Waals surface area contributed by atoms with Crippen molar-refractivity contribution in [2.24, 2.45) is 0 Å². The zero-order valence-corrected chi connectivity index (χ0v) is 34.1. The Morgan fingerprint density at radius 2 is 1.00 bits per heavy atom. The second kappa shape index (κ2) is 16.7. The van der Waals surface area contributed by atoms with Gasteiger partial charge in [0.2, 0.25) is 0 Å². The first-order chi connectivity index (χ1) is 26.6. The van der Waals surface area contributed by atoms with E-state index < -0.39 is 21.6 Å². The summed E-state index contributed by atoms with van der Waals surface area (Å²) in [7, 11) is -0.832. The van der Waals surface area contributed by atoms with E-state index in [0.29, 0.717) is 23.0 Å². The van der Waals surface area contributed by atoms with Crippen molar-refractivity contribution in [2.45, 2.75) is 49.3 Å². The molecule has 5 nitrogen and oxygen atoms in total. The first-order valence-corrected chi connectivity index (χ1v) is 21.2. The van der Waals surface area contributed by atoms with E-state index in [1.54, 1.807) is 18.9 Å². The Morgan fingerprint density at radius 1 is 0.527 bits per heavy atom. The molecule has 55 heavy (non-hydrogen) atoms. The van der Waals surface area contributed by atoms with Gasteiger partial charge >= 0.3 is 0 Å². The average molecular weight is 783 g/mol. The molecule has 6 aromatic rings. The molecular formula is C47H42O5S3. The van der Waals surface area contributed by atoms with E-state index in [0.717, 1.165) is 74.9 Å². The lowest BCUT2D eigenvalue weighted by atomic mass is 10.1. The first-order valence-electron chi connectivity index (χ1n) is 18.0. The maximum absolute atomic E-state index is 13.4. The first kappa shape index (κ1) is 38.1. The van der Waals surface area contributed by atoms with E-state index in [2.05, 4.69) is 55.5 Å². The lowest BCUT2D eigenvalue weighted by Crippen LogP contribution is -1.97. The molecule has 0 aliphatic carbocycles. The highest BCUT2D eigenvalue weighted by molar-refractivity contribution is 8.11. The topological polar surface area (TPSA) is 61.8 Å². The maximum Gasteiger partial charge on any atom is 0.152 e. The van der Waals surface area contributed by atoms with Gasteiger partial charge in [-0.2, -0.15) is 0 Å². The molecule has 0 saturated heterocycles. The summed E-state index contributed by atoms with van der Waals surface area (Å²) < 4.78 is 43.7. The molecule has 0 saturated carbocycles. The quantitative estimate of drug-likeness (QED) is 0.146. The number of benzene rings is 6. The Hall–Kier alpha value is -5.15. The van der Waals surface area contributed by atoms with Crippen molar-refractivity contribution in [2.75, 3.05) is 13.7 Å². The van der Waals surface area contributed by atoms with Gasteiger partial charge in [0.05, 0.1) is 54.9 Å². The monoisotopic (exact) mass is 782 g/mol. The Labute approximate surface area is 333 Å². The third kappa shape index (κ3) is 8.27. The number of methoxy groups -OCH3 is 1. The minimum Gasteiger partial charge on any atom is -0.497 e. The molecule has 8 heteroatoms. The number of rotatable bonds is 9. The zero-order chi connectivity index (χ0) is 38.6. The molecule has 0 bridgehead atoms. The Morgan fingerprint density at radius 3 is 1.56 bits per heavy atom. The highest BCUT2D eigenvalue weighted by atomic mass is 32.2. The Kier molecular flexibility index (Phi) is 11.6. The summed E-state index contributed by atoms with van der Waals surface area (Å²) in [5, 5.41) is 0. The third-order valence-corrected chi connectivity index (χ3v) is 13.5. The summed E-state index contributed by atoms with van der Waals surface area (Å²) in [6.07, 6.45) is 0. The smallest absolute Gasteiger partial charge is 0.152 e. The van der Waals surface area contributed by atoms with Gasteiger partial charge in [-0.1, -0.05) is 89.6 Å². The lowest BCUT2D eigenvalue weighted by Gasteiger charge is -2.11. The second-order valence-electron chi connectivity index (χ2n) is 13.4. The second-order valence-corrected chi connectivity index (χ2v) is 17.2. The van der Waals surface area contributed by atoms with E-state index in [1.807, 2.05) is 113 Å². The molecule has 8 rings (SSSR count). The van der Waals surface area contributed by atoms with Gasteiger partial charge in [-0.3, -0.25) is 0 Å². The average Bonchev–Trinajstić information content (AvgIpc) is 3.61. The van der Waals surface area contributed by atoms with Crippen LogP contribution in [0.3, 0.4) is 0 Å². The number of thioether (sulfide) groups is 1. The normalized spacial score (nSPS) is 15.6. The molecule has 2 aliphatic heterocycles. The molecule has 0 radical (unpaired) electrons. The van der Waals surface area contributed by atoms with Crippen molar-refractivity contribution >= 4 is 53.8 Å². The summed E-state index contributed by atoms with van der Waals surface area (Å²) >= 11 is 1.67. The Balaban J connectivity index is 0.000000169. The molecule has 6 aromatic carbocycles. The van der Waals surface area contributed by atoms with E-state index in [9.17, 15) is 8.42 Å². The summed E-state index contributed by atoms with van der Waals surface area (Å²) in [5.74, 6) is 2.96. The van der Waals surface area contributed by atoms with Crippen LogP contribution in [0.2, 0.25) is 0 Å². The summed E-state index contributed by atoms with van der Waals surface area (Å²) in [6.45, 7) is 10.8. The number of ether oxygens (including phenoxy) is 3. The van der Waals surface area contributed by atoms with E-state index in [-0.39, 0.29) is 0 Å². The van der Waals surface area contributed by atoms with E-state index >= 15 is 0 Å². The van der Waals surface area contributed by atoms with Crippen LogP contribution in [0.5, 0.6) is 17.2 Å². The SMILES string of the molecule is CCOc1ccc(SC2=C(c3ccc(C)cc3)S(=O)c3cc(C)ccc32)cc1.COc1ccc(OC2=C(c3ccc(C)cc3)S(=O)c3cc(C)ccc32)cc1. The summed E-state index contributed by atoms with van der Waals surface area (Å²) in [4.78, 5) is 5.50. The molecule has 0 N–H and O–H groups in total. The van der Waals surface area contributed by atoms with Gasteiger partial charge in [0.15, 0.2) is 5.76 Å². The van der Waals surface area contributed by atoms with E-state index in [4.69, 9.17) is 14.2 Å². The predicted octanol–water partition coefficient (Wildman–Crippen LogP) is 11.8. The van der Waals surface area contributed by atoms with Crippen LogP contribution < -0.4 is 14.2 Å². The van der Waals surface area contributed by atoms with Crippen molar-refractivity contribution in [3.63, 3.8) is 0 Å². The van der Waals surface area contributed by atoms with Crippen LogP contribution in [-0.2, 0) is 21.6 Å². The van der Waals surface area contributed by atoms with Gasteiger partial charge in [-0.15, -0.1) is 0 Å². The van der Waals surface area contributed by atoms with Crippen LogP contribution in [0.1, 0.15) is 51.4 Å². The van der Waals surface area contributed by atoms with Gasteiger partial charge in [-0.25, -0.2) is 8.42 Å². The number of hydrogen-bond donors (Lipinski definition) is 0. The third-order valence-electron chi connectivity index (χ3n) is 9.21. The molecule has 0 fully saturated rings.